The van der Waals surface area contributed by atoms with Crippen LogP contribution in [0.1, 0.15) is 27.8 Å². The number of carbonyl (C=O) groups excluding carboxylic acids is 1. The van der Waals surface area contributed by atoms with Crippen LogP contribution in [0.5, 0.6) is 0 Å². The summed E-state index contributed by atoms with van der Waals surface area (Å²) in [5.74, 6) is -1.23. The monoisotopic (exact) mass is 433 g/mol. The second kappa shape index (κ2) is 5.46. The van der Waals surface area contributed by atoms with Gasteiger partial charge in [0.15, 0.2) is 5.78 Å². The van der Waals surface area contributed by atoms with Crippen LogP contribution in [0.25, 0.3) is 5.69 Å². The van der Waals surface area contributed by atoms with E-state index in [1.165, 1.54) is 17.6 Å². The zero-order valence-corrected chi connectivity index (χ0v) is 13.6. The summed E-state index contributed by atoms with van der Waals surface area (Å²) in [6.45, 7) is 1.41. The number of Topliss-reactive ketones (excluding diaryl/α,β-unsaturated/α-hetero) is 1. The van der Waals surface area contributed by atoms with Crippen molar-refractivity contribution < 1.29 is 14.7 Å². The summed E-state index contributed by atoms with van der Waals surface area (Å²) in [6, 6.07) is 6.98. The molecule has 6 heteroatoms. The molecule has 0 saturated heterocycles. The van der Waals surface area contributed by atoms with Gasteiger partial charge in [0.1, 0.15) is 5.69 Å². The Bertz CT molecular complexity index is 679. The van der Waals surface area contributed by atoms with Gasteiger partial charge in [-0.1, -0.05) is 0 Å². The van der Waals surface area contributed by atoms with Gasteiger partial charge in [0.2, 0.25) is 0 Å². The average molecular weight is 434 g/mol. The number of aromatic carboxylic acids is 1. The number of carboxylic acids is 1. The Kier molecular flexibility index (Phi) is 4.10. The molecule has 0 fully saturated rings. The van der Waals surface area contributed by atoms with Crippen molar-refractivity contribution in [2.75, 3.05) is 0 Å². The topological polar surface area (TPSA) is 59.3 Å². The lowest BCUT2D eigenvalue weighted by atomic mass is 10.2. The standard InChI is InChI=1S/C13H9BrINO3/c1-7(17)8-4-12(13(18)19)16(6-8)11-5-9(15)2-3-10(11)14/h2-6H,1H3,(H,18,19). The predicted molar refractivity (Wildman–Crippen MR) is 83.1 cm³/mol. The zero-order valence-electron chi connectivity index (χ0n) is 9.85. The molecule has 0 unspecified atom stereocenters. The molecule has 0 amide bonds. The highest BCUT2D eigenvalue weighted by atomic mass is 127. The summed E-state index contributed by atoms with van der Waals surface area (Å²) in [6.07, 6.45) is 1.54. The van der Waals surface area contributed by atoms with Crippen molar-refractivity contribution in [1.29, 1.82) is 0 Å². The molecule has 4 nitrogen and oxygen atoms in total. The Morgan fingerprint density at radius 2 is 2.00 bits per heavy atom. The fourth-order valence-corrected chi connectivity index (χ4v) is 2.60. The summed E-state index contributed by atoms with van der Waals surface area (Å²) in [5.41, 5.74) is 1.13. The summed E-state index contributed by atoms with van der Waals surface area (Å²) in [5, 5.41) is 9.23. The molecule has 0 bridgehead atoms. The van der Waals surface area contributed by atoms with E-state index in [9.17, 15) is 14.7 Å². The molecule has 1 heterocycles. The van der Waals surface area contributed by atoms with Gasteiger partial charge in [0.05, 0.1) is 5.69 Å². The van der Waals surface area contributed by atoms with E-state index in [0.717, 1.165) is 8.04 Å². The average Bonchev–Trinajstić information content (AvgIpc) is 2.77. The van der Waals surface area contributed by atoms with Gasteiger partial charge in [-0.05, 0) is 69.7 Å². The summed E-state index contributed by atoms with van der Waals surface area (Å²) >= 11 is 5.54. The summed E-state index contributed by atoms with van der Waals surface area (Å²) in [7, 11) is 0. The van der Waals surface area contributed by atoms with E-state index in [4.69, 9.17) is 0 Å². The van der Waals surface area contributed by atoms with Gasteiger partial charge in [-0.15, -0.1) is 0 Å². The highest BCUT2D eigenvalue weighted by molar-refractivity contribution is 14.1. The maximum Gasteiger partial charge on any atom is 0.352 e. The number of aromatic nitrogens is 1. The van der Waals surface area contributed by atoms with Crippen LogP contribution in [0.15, 0.2) is 34.9 Å². The second-order valence-electron chi connectivity index (χ2n) is 3.94. The van der Waals surface area contributed by atoms with Crippen LogP contribution >= 0.6 is 38.5 Å². The van der Waals surface area contributed by atoms with Crippen molar-refractivity contribution >= 4 is 50.3 Å². The quantitative estimate of drug-likeness (QED) is 0.592. The molecular weight excluding hydrogens is 425 g/mol. The molecule has 98 valence electrons. The Labute approximate surface area is 131 Å². The molecular formula is C13H9BrINO3. The zero-order chi connectivity index (χ0) is 14.2. The fourth-order valence-electron chi connectivity index (χ4n) is 1.69. The van der Waals surface area contributed by atoms with Crippen molar-refractivity contribution in [3.63, 3.8) is 0 Å². The van der Waals surface area contributed by atoms with Gasteiger partial charge in [0.25, 0.3) is 0 Å². The minimum Gasteiger partial charge on any atom is -0.477 e. The first-order valence-corrected chi connectivity index (χ1v) is 7.19. The van der Waals surface area contributed by atoms with Crippen molar-refractivity contribution in [1.82, 2.24) is 4.57 Å². The van der Waals surface area contributed by atoms with Gasteiger partial charge in [0, 0.05) is 19.8 Å². The van der Waals surface area contributed by atoms with Gasteiger partial charge < -0.3 is 9.67 Å². The molecule has 0 aliphatic rings. The summed E-state index contributed by atoms with van der Waals surface area (Å²) in [4.78, 5) is 22.7. The molecule has 0 saturated carbocycles. The van der Waals surface area contributed by atoms with Crippen molar-refractivity contribution in [3.05, 3.63) is 49.8 Å². The van der Waals surface area contributed by atoms with Gasteiger partial charge in [-0.3, -0.25) is 4.79 Å². The third-order valence-electron chi connectivity index (χ3n) is 2.61. The van der Waals surface area contributed by atoms with Crippen LogP contribution in [-0.2, 0) is 0 Å². The maximum atomic E-state index is 11.4. The SMILES string of the molecule is CC(=O)c1cc(C(=O)O)n(-c2cc(I)ccc2Br)c1. The smallest absolute Gasteiger partial charge is 0.352 e. The van der Waals surface area contributed by atoms with Crippen LogP contribution in [0.3, 0.4) is 0 Å². The maximum absolute atomic E-state index is 11.4. The third kappa shape index (κ3) is 2.89. The van der Waals surface area contributed by atoms with Gasteiger partial charge >= 0.3 is 5.97 Å². The van der Waals surface area contributed by atoms with E-state index >= 15 is 0 Å². The van der Waals surface area contributed by atoms with E-state index in [0.29, 0.717) is 11.3 Å². The number of carboxylic acid groups (broad SMARTS) is 1. The highest BCUT2D eigenvalue weighted by Gasteiger charge is 2.17. The predicted octanol–water partition coefficient (Wildman–Crippen LogP) is 3.75. The van der Waals surface area contributed by atoms with Crippen molar-refractivity contribution in [3.8, 4) is 5.69 Å². The Hall–Kier alpha value is -1.15. The lowest BCUT2D eigenvalue weighted by Crippen LogP contribution is -2.06. The summed E-state index contributed by atoms with van der Waals surface area (Å²) < 4.78 is 3.25. The van der Waals surface area contributed by atoms with Crippen LogP contribution in [0.2, 0.25) is 0 Å². The third-order valence-corrected chi connectivity index (χ3v) is 3.95. The lowest BCUT2D eigenvalue weighted by Gasteiger charge is -2.09. The fraction of sp³-hybridized carbons (Fsp3) is 0.0769. The van der Waals surface area contributed by atoms with E-state index in [1.54, 1.807) is 6.20 Å². The number of halogens is 2. The molecule has 19 heavy (non-hydrogen) atoms. The van der Waals surface area contributed by atoms with Crippen LogP contribution in [0, 0.1) is 3.57 Å². The first kappa shape index (κ1) is 14.3. The highest BCUT2D eigenvalue weighted by Crippen LogP contribution is 2.26. The molecule has 1 N–H and O–H groups in total. The first-order valence-electron chi connectivity index (χ1n) is 5.32. The van der Waals surface area contributed by atoms with Crippen LogP contribution < -0.4 is 0 Å². The Morgan fingerprint density at radius 3 is 2.58 bits per heavy atom. The molecule has 0 aliphatic heterocycles. The number of carbonyl (C=O) groups is 2. The van der Waals surface area contributed by atoms with Crippen LogP contribution in [-0.4, -0.2) is 21.4 Å². The second-order valence-corrected chi connectivity index (χ2v) is 6.04. The lowest BCUT2D eigenvalue weighted by molar-refractivity contribution is 0.0688. The molecule has 1 aromatic heterocycles. The number of rotatable bonds is 3. The molecule has 2 aromatic rings. The van der Waals surface area contributed by atoms with Crippen LogP contribution in [0.4, 0.5) is 0 Å². The van der Waals surface area contributed by atoms with Gasteiger partial charge in [-0.2, -0.15) is 0 Å². The minimum absolute atomic E-state index is 0.0629. The number of ketones is 1. The molecule has 0 aliphatic carbocycles. The van der Waals surface area contributed by atoms with Crippen molar-refractivity contribution in [2.24, 2.45) is 0 Å². The number of benzene rings is 1. The molecule has 1 aromatic carbocycles. The largest absolute Gasteiger partial charge is 0.477 e. The Morgan fingerprint density at radius 1 is 1.32 bits per heavy atom. The van der Waals surface area contributed by atoms with E-state index in [1.807, 2.05) is 18.2 Å². The molecule has 2 rings (SSSR count). The van der Waals surface area contributed by atoms with Gasteiger partial charge in [-0.25, -0.2) is 4.79 Å². The Balaban J connectivity index is 2.70. The minimum atomic E-state index is -1.07. The van der Waals surface area contributed by atoms with Crippen molar-refractivity contribution in [2.45, 2.75) is 6.92 Å². The number of hydrogen-bond acceptors (Lipinski definition) is 2. The van der Waals surface area contributed by atoms with E-state index in [2.05, 4.69) is 38.5 Å². The normalized spacial score (nSPS) is 10.5. The van der Waals surface area contributed by atoms with E-state index in [-0.39, 0.29) is 11.5 Å². The first-order chi connectivity index (χ1) is 8.90. The number of hydrogen-bond donors (Lipinski definition) is 1. The number of nitrogens with zero attached hydrogens (tertiary/aromatic N) is 1. The molecule has 0 atom stereocenters. The molecule has 0 spiro atoms. The van der Waals surface area contributed by atoms with E-state index < -0.39 is 5.97 Å². The molecule has 0 radical (unpaired) electrons.